The van der Waals surface area contributed by atoms with Crippen molar-refractivity contribution in [1.29, 1.82) is 0 Å². The molecule has 0 fully saturated rings. The largest absolute Gasteiger partial charge is 0.350 e. The minimum absolute atomic E-state index is 0.102. The van der Waals surface area contributed by atoms with E-state index in [4.69, 9.17) is 0 Å². The Hall–Kier alpha value is -0.870. The first-order valence-corrected chi connectivity index (χ1v) is 6.37. The van der Waals surface area contributed by atoms with Crippen LogP contribution >= 0.6 is 11.3 Å². The molecule has 0 aliphatic heterocycles. The number of rotatable bonds is 5. The van der Waals surface area contributed by atoms with Gasteiger partial charge in [0.15, 0.2) is 0 Å². The molecule has 0 spiro atoms. The van der Waals surface area contributed by atoms with Crippen LogP contribution in [0.3, 0.4) is 0 Å². The first-order chi connectivity index (χ1) is 7.54. The highest BCUT2D eigenvalue weighted by molar-refractivity contribution is 7.12. The molecule has 1 rings (SSSR count). The molecule has 0 radical (unpaired) electrons. The van der Waals surface area contributed by atoms with E-state index in [-0.39, 0.29) is 11.9 Å². The summed E-state index contributed by atoms with van der Waals surface area (Å²) in [5.41, 5.74) is 1.24. The average Bonchev–Trinajstić information content (AvgIpc) is 2.54. The number of carbonyl (C=O) groups excluding carboxylic acids is 1. The highest BCUT2D eigenvalue weighted by Crippen LogP contribution is 2.25. The van der Waals surface area contributed by atoms with Gasteiger partial charge in [-0.05, 0) is 39.4 Å². The lowest BCUT2D eigenvalue weighted by molar-refractivity contribution is -0.121. The van der Waals surface area contributed by atoms with Gasteiger partial charge in [0.05, 0.1) is 6.04 Å². The van der Waals surface area contributed by atoms with E-state index in [1.54, 1.807) is 11.3 Å². The number of hydrogen-bond acceptors (Lipinski definition) is 3. The van der Waals surface area contributed by atoms with E-state index in [0.29, 0.717) is 6.42 Å². The fraction of sp³-hybridized carbons (Fsp3) is 0.583. The van der Waals surface area contributed by atoms with E-state index in [1.165, 1.54) is 15.3 Å². The van der Waals surface area contributed by atoms with Gasteiger partial charge < -0.3 is 10.6 Å². The van der Waals surface area contributed by atoms with E-state index < -0.39 is 0 Å². The smallest absolute Gasteiger partial charge is 0.221 e. The zero-order valence-corrected chi connectivity index (χ0v) is 11.2. The van der Waals surface area contributed by atoms with Crippen molar-refractivity contribution in [3.05, 3.63) is 21.4 Å². The summed E-state index contributed by atoms with van der Waals surface area (Å²) in [5, 5.41) is 5.98. The van der Waals surface area contributed by atoms with Crippen molar-refractivity contribution in [3.8, 4) is 0 Å². The Balaban J connectivity index is 2.55. The maximum absolute atomic E-state index is 11.6. The van der Waals surface area contributed by atoms with Crippen LogP contribution in [0.1, 0.15) is 34.7 Å². The molecule has 1 unspecified atom stereocenters. The standard InChI is InChI=1S/C12H20N2OS/c1-8-7-11(10(3)16-8)9(2)14-12(15)5-6-13-4/h7,9,13H,5-6H2,1-4H3,(H,14,15). The molecule has 0 bridgehead atoms. The number of amides is 1. The van der Waals surface area contributed by atoms with Gasteiger partial charge in [-0.1, -0.05) is 0 Å². The molecule has 1 heterocycles. The Labute approximate surface area is 101 Å². The lowest BCUT2D eigenvalue weighted by Crippen LogP contribution is -2.29. The third-order valence-electron chi connectivity index (χ3n) is 2.53. The van der Waals surface area contributed by atoms with Gasteiger partial charge in [-0.2, -0.15) is 0 Å². The lowest BCUT2D eigenvalue weighted by atomic mass is 10.1. The summed E-state index contributed by atoms with van der Waals surface area (Å²) in [7, 11) is 1.85. The number of nitrogens with one attached hydrogen (secondary N) is 2. The van der Waals surface area contributed by atoms with Crippen LogP contribution in [0, 0.1) is 13.8 Å². The second-order valence-electron chi connectivity index (χ2n) is 4.01. The van der Waals surface area contributed by atoms with Crippen LogP contribution in [0.4, 0.5) is 0 Å². The molecule has 4 heteroatoms. The second-order valence-corrected chi connectivity index (χ2v) is 5.47. The number of hydrogen-bond donors (Lipinski definition) is 2. The summed E-state index contributed by atoms with van der Waals surface area (Å²) in [6.45, 7) is 6.95. The topological polar surface area (TPSA) is 41.1 Å². The maximum atomic E-state index is 11.6. The number of thiophene rings is 1. The normalized spacial score (nSPS) is 12.5. The number of aryl methyl sites for hydroxylation is 2. The fourth-order valence-corrected chi connectivity index (χ4v) is 2.73. The van der Waals surface area contributed by atoms with Crippen molar-refractivity contribution in [3.63, 3.8) is 0 Å². The summed E-state index contributed by atoms with van der Waals surface area (Å²) >= 11 is 1.78. The van der Waals surface area contributed by atoms with Gasteiger partial charge in [0.2, 0.25) is 5.91 Å². The SMILES string of the molecule is CNCCC(=O)NC(C)c1cc(C)sc1C. The Kier molecular flexibility index (Phi) is 4.96. The zero-order valence-electron chi connectivity index (χ0n) is 10.4. The van der Waals surface area contributed by atoms with Gasteiger partial charge >= 0.3 is 0 Å². The fourth-order valence-electron chi connectivity index (χ4n) is 1.71. The highest BCUT2D eigenvalue weighted by atomic mass is 32.1. The lowest BCUT2D eigenvalue weighted by Gasteiger charge is -2.13. The summed E-state index contributed by atoms with van der Waals surface area (Å²) in [5.74, 6) is 0.102. The Morgan fingerprint density at radius 2 is 2.19 bits per heavy atom. The van der Waals surface area contributed by atoms with Crippen LogP contribution in [0.2, 0.25) is 0 Å². The Bertz CT molecular complexity index is 360. The quantitative estimate of drug-likeness (QED) is 0.828. The monoisotopic (exact) mass is 240 g/mol. The van der Waals surface area contributed by atoms with Gasteiger partial charge in [0.25, 0.3) is 0 Å². The maximum Gasteiger partial charge on any atom is 0.221 e. The van der Waals surface area contributed by atoms with E-state index in [0.717, 1.165) is 6.54 Å². The molecule has 0 aliphatic carbocycles. The van der Waals surface area contributed by atoms with Gasteiger partial charge in [0, 0.05) is 22.7 Å². The molecule has 1 aromatic heterocycles. The molecule has 0 saturated carbocycles. The van der Waals surface area contributed by atoms with Gasteiger partial charge in [-0.3, -0.25) is 4.79 Å². The third kappa shape index (κ3) is 3.61. The minimum atomic E-state index is 0.102. The van der Waals surface area contributed by atoms with E-state index in [1.807, 2.05) is 14.0 Å². The minimum Gasteiger partial charge on any atom is -0.350 e. The Morgan fingerprint density at radius 1 is 1.50 bits per heavy atom. The van der Waals surface area contributed by atoms with Crippen molar-refractivity contribution in [2.45, 2.75) is 33.2 Å². The summed E-state index contributed by atoms with van der Waals surface area (Å²) in [4.78, 5) is 14.1. The molecule has 1 amide bonds. The predicted octanol–water partition coefficient (Wildman–Crippen LogP) is 2.15. The Morgan fingerprint density at radius 3 is 2.69 bits per heavy atom. The molecule has 1 aromatic rings. The zero-order chi connectivity index (χ0) is 12.1. The van der Waals surface area contributed by atoms with Crippen molar-refractivity contribution >= 4 is 17.2 Å². The third-order valence-corrected chi connectivity index (χ3v) is 3.51. The van der Waals surface area contributed by atoms with Crippen LogP contribution in [0.5, 0.6) is 0 Å². The molecule has 0 aliphatic rings. The van der Waals surface area contributed by atoms with E-state index >= 15 is 0 Å². The molecule has 2 N–H and O–H groups in total. The van der Waals surface area contributed by atoms with Crippen LogP contribution < -0.4 is 10.6 Å². The first kappa shape index (κ1) is 13.2. The molecule has 16 heavy (non-hydrogen) atoms. The van der Waals surface area contributed by atoms with Gasteiger partial charge in [0.1, 0.15) is 0 Å². The summed E-state index contributed by atoms with van der Waals surface area (Å²) in [6.07, 6.45) is 0.531. The van der Waals surface area contributed by atoms with E-state index in [9.17, 15) is 4.79 Å². The molecule has 90 valence electrons. The second kappa shape index (κ2) is 6.01. The molecule has 0 aromatic carbocycles. The molecular weight excluding hydrogens is 220 g/mol. The summed E-state index contributed by atoms with van der Waals surface area (Å²) in [6, 6.07) is 2.26. The highest BCUT2D eigenvalue weighted by Gasteiger charge is 2.13. The van der Waals surface area contributed by atoms with Crippen LogP contribution in [-0.2, 0) is 4.79 Å². The van der Waals surface area contributed by atoms with Crippen molar-refractivity contribution in [2.24, 2.45) is 0 Å². The van der Waals surface area contributed by atoms with Gasteiger partial charge in [-0.25, -0.2) is 0 Å². The summed E-state index contributed by atoms with van der Waals surface area (Å²) < 4.78 is 0. The predicted molar refractivity (Wildman–Crippen MR) is 68.9 cm³/mol. The van der Waals surface area contributed by atoms with Crippen molar-refractivity contribution in [1.82, 2.24) is 10.6 Å². The molecule has 0 saturated heterocycles. The molecule has 3 nitrogen and oxygen atoms in total. The van der Waals surface area contributed by atoms with Crippen molar-refractivity contribution < 1.29 is 4.79 Å². The molecular formula is C12H20N2OS. The van der Waals surface area contributed by atoms with Crippen LogP contribution in [0.15, 0.2) is 6.07 Å². The van der Waals surface area contributed by atoms with Crippen molar-refractivity contribution in [2.75, 3.05) is 13.6 Å². The number of carbonyl (C=O) groups is 1. The van der Waals surface area contributed by atoms with Gasteiger partial charge in [-0.15, -0.1) is 11.3 Å². The average molecular weight is 240 g/mol. The first-order valence-electron chi connectivity index (χ1n) is 5.55. The van der Waals surface area contributed by atoms with Crippen LogP contribution in [-0.4, -0.2) is 19.5 Å². The van der Waals surface area contributed by atoms with Crippen LogP contribution in [0.25, 0.3) is 0 Å². The van der Waals surface area contributed by atoms with E-state index in [2.05, 4.69) is 30.5 Å². The molecule has 1 atom stereocenters.